The molecule has 0 aliphatic carbocycles. The molecule has 0 N–H and O–H groups in total. The largest absolute Gasteiger partial charge is 0.468 e. The van der Waals surface area contributed by atoms with Crippen molar-refractivity contribution in [1.29, 1.82) is 0 Å². The van der Waals surface area contributed by atoms with E-state index in [2.05, 4.69) is 53.4 Å². The summed E-state index contributed by atoms with van der Waals surface area (Å²) in [6.07, 6.45) is 3.47. The van der Waals surface area contributed by atoms with Gasteiger partial charge in [-0.1, -0.05) is 98.8 Å². The lowest BCUT2D eigenvalue weighted by atomic mass is 9.84. The number of rotatable bonds is 11. The van der Waals surface area contributed by atoms with Gasteiger partial charge in [0.05, 0.1) is 18.6 Å². The molecule has 0 amide bonds. The minimum Gasteiger partial charge on any atom is -0.468 e. The van der Waals surface area contributed by atoms with E-state index < -0.39 is 5.41 Å². The first kappa shape index (κ1) is 31.3. The van der Waals surface area contributed by atoms with Crippen LogP contribution in [0.3, 0.4) is 0 Å². The molecule has 1 saturated heterocycles. The Hall–Kier alpha value is -3.28. The Morgan fingerprint density at radius 3 is 1.88 bits per heavy atom. The highest BCUT2D eigenvalue weighted by atomic mass is 16.5. The zero-order valence-corrected chi connectivity index (χ0v) is 24.8. The van der Waals surface area contributed by atoms with Crippen LogP contribution in [0.2, 0.25) is 0 Å². The first-order chi connectivity index (χ1) is 19.4. The van der Waals surface area contributed by atoms with Crippen LogP contribution in [0.4, 0.5) is 0 Å². The quantitative estimate of drug-likeness (QED) is 0.186. The molecule has 0 spiro atoms. The van der Waals surface area contributed by atoms with E-state index in [0.29, 0.717) is 12.0 Å². The molecule has 0 aromatic heterocycles. The second-order valence-electron chi connectivity index (χ2n) is 10.6. The van der Waals surface area contributed by atoms with Crippen molar-refractivity contribution in [3.05, 3.63) is 107 Å². The first-order valence-electron chi connectivity index (χ1n) is 14.6. The van der Waals surface area contributed by atoms with E-state index in [1.54, 1.807) is 0 Å². The SMILES string of the molecule is CC.COC(=O)C(C)(C)c1ccc(C(=O)CCCN2CCC(OC(c3ccccc3)c3ccccc3)CC2)cc1. The molecule has 3 aromatic carbocycles. The predicted molar refractivity (Wildman–Crippen MR) is 162 cm³/mol. The summed E-state index contributed by atoms with van der Waals surface area (Å²) in [5.41, 5.74) is 3.15. The van der Waals surface area contributed by atoms with Crippen molar-refractivity contribution in [2.45, 2.75) is 71.0 Å². The number of methoxy groups -OCH3 is 1. The van der Waals surface area contributed by atoms with Crippen molar-refractivity contribution in [3.63, 3.8) is 0 Å². The van der Waals surface area contributed by atoms with Crippen molar-refractivity contribution in [2.24, 2.45) is 0 Å². The average molecular weight is 544 g/mol. The molecule has 0 atom stereocenters. The lowest BCUT2D eigenvalue weighted by molar-refractivity contribution is -0.146. The highest BCUT2D eigenvalue weighted by Crippen LogP contribution is 2.30. The maximum absolute atomic E-state index is 12.8. The molecule has 40 heavy (non-hydrogen) atoms. The van der Waals surface area contributed by atoms with Gasteiger partial charge in [0.2, 0.25) is 0 Å². The molecule has 0 unspecified atom stereocenters. The number of esters is 1. The molecule has 0 bridgehead atoms. The molecule has 1 heterocycles. The summed E-state index contributed by atoms with van der Waals surface area (Å²) in [5, 5.41) is 0. The summed E-state index contributed by atoms with van der Waals surface area (Å²) < 4.78 is 11.6. The van der Waals surface area contributed by atoms with Gasteiger partial charge in [0.25, 0.3) is 0 Å². The average Bonchev–Trinajstić information content (AvgIpc) is 3.02. The van der Waals surface area contributed by atoms with Gasteiger partial charge in [-0.25, -0.2) is 0 Å². The van der Waals surface area contributed by atoms with Gasteiger partial charge in [-0.2, -0.15) is 0 Å². The molecule has 3 aromatic rings. The minimum atomic E-state index is -0.742. The molecule has 1 aliphatic heterocycles. The number of ether oxygens (including phenoxy) is 2. The number of piperidine rings is 1. The van der Waals surface area contributed by atoms with Crippen molar-refractivity contribution in [2.75, 3.05) is 26.7 Å². The van der Waals surface area contributed by atoms with E-state index in [1.807, 2.05) is 64.1 Å². The van der Waals surface area contributed by atoms with Crippen LogP contribution < -0.4 is 0 Å². The fourth-order valence-electron chi connectivity index (χ4n) is 5.12. The lowest BCUT2D eigenvalue weighted by Gasteiger charge is -2.34. The number of carbonyl (C=O) groups is 2. The van der Waals surface area contributed by atoms with E-state index in [4.69, 9.17) is 9.47 Å². The van der Waals surface area contributed by atoms with Crippen molar-refractivity contribution >= 4 is 11.8 Å². The van der Waals surface area contributed by atoms with Crippen LogP contribution in [-0.2, 0) is 19.7 Å². The number of likely N-dealkylation sites (tertiary alicyclic amines) is 1. The summed E-state index contributed by atoms with van der Waals surface area (Å²) in [5.74, 6) is -0.152. The number of ketones is 1. The Bertz CT molecular complexity index is 1130. The van der Waals surface area contributed by atoms with Crippen molar-refractivity contribution < 1.29 is 19.1 Å². The van der Waals surface area contributed by atoms with Gasteiger partial charge in [-0.3, -0.25) is 9.59 Å². The number of benzene rings is 3. The molecular weight excluding hydrogens is 498 g/mol. The summed E-state index contributed by atoms with van der Waals surface area (Å²) in [7, 11) is 1.39. The zero-order chi connectivity index (χ0) is 29.0. The number of hydrogen-bond donors (Lipinski definition) is 0. The molecule has 0 saturated carbocycles. The number of Topliss-reactive ketones (excluding diaryl/α,β-unsaturated/α-hetero) is 1. The van der Waals surface area contributed by atoms with E-state index in [-0.39, 0.29) is 24.0 Å². The third-order valence-corrected chi connectivity index (χ3v) is 7.57. The van der Waals surface area contributed by atoms with E-state index >= 15 is 0 Å². The van der Waals surface area contributed by atoms with E-state index in [9.17, 15) is 9.59 Å². The predicted octanol–water partition coefficient (Wildman–Crippen LogP) is 7.40. The van der Waals surface area contributed by atoms with E-state index in [0.717, 1.165) is 44.5 Å². The van der Waals surface area contributed by atoms with Gasteiger partial charge in [-0.05, 0) is 56.3 Å². The third-order valence-electron chi connectivity index (χ3n) is 7.57. The highest BCUT2D eigenvalue weighted by molar-refractivity contribution is 5.96. The van der Waals surface area contributed by atoms with Gasteiger partial charge in [0, 0.05) is 25.1 Å². The highest BCUT2D eigenvalue weighted by Gasteiger charge is 2.31. The molecule has 5 nitrogen and oxygen atoms in total. The van der Waals surface area contributed by atoms with Gasteiger partial charge >= 0.3 is 5.97 Å². The summed E-state index contributed by atoms with van der Waals surface area (Å²) in [6, 6.07) is 28.2. The van der Waals surface area contributed by atoms with Gasteiger partial charge in [-0.15, -0.1) is 0 Å². The Labute approximate surface area is 240 Å². The Balaban J connectivity index is 0.00000216. The van der Waals surface area contributed by atoms with Crippen LogP contribution in [0.25, 0.3) is 0 Å². The Morgan fingerprint density at radius 2 is 1.38 bits per heavy atom. The summed E-state index contributed by atoms with van der Waals surface area (Å²) in [6.45, 7) is 10.5. The minimum absolute atomic E-state index is 0.0591. The Morgan fingerprint density at radius 1 is 0.850 bits per heavy atom. The van der Waals surface area contributed by atoms with Gasteiger partial charge in [0.1, 0.15) is 6.10 Å². The maximum Gasteiger partial charge on any atom is 0.315 e. The first-order valence-corrected chi connectivity index (χ1v) is 14.6. The standard InChI is InChI=1S/C33H39NO4.C2H6/c1-33(2,32(36)37-3)28-18-16-25(17-19-28)30(35)15-10-22-34-23-20-29(21-24-34)38-31(26-11-6-4-7-12-26)27-13-8-5-9-14-27;1-2/h4-9,11-14,16-19,29,31H,10,15,20-24H2,1-3H3;1-2H3. The molecule has 0 radical (unpaired) electrons. The molecule has 1 fully saturated rings. The fourth-order valence-corrected chi connectivity index (χ4v) is 5.12. The Kier molecular flexibility index (Phi) is 12.1. The van der Waals surface area contributed by atoms with Gasteiger partial charge in [0.15, 0.2) is 5.78 Å². The van der Waals surface area contributed by atoms with Gasteiger partial charge < -0.3 is 14.4 Å². The molecule has 1 aliphatic rings. The number of hydrogen-bond acceptors (Lipinski definition) is 5. The van der Waals surface area contributed by atoms with E-state index in [1.165, 1.54) is 18.2 Å². The topological polar surface area (TPSA) is 55.8 Å². The van der Waals surface area contributed by atoms with Crippen LogP contribution in [0.15, 0.2) is 84.9 Å². The van der Waals surface area contributed by atoms with Crippen LogP contribution >= 0.6 is 0 Å². The zero-order valence-electron chi connectivity index (χ0n) is 24.8. The van der Waals surface area contributed by atoms with Crippen LogP contribution in [-0.4, -0.2) is 49.5 Å². The fraction of sp³-hybridized carbons (Fsp3) is 0.429. The molecule has 214 valence electrons. The lowest BCUT2D eigenvalue weighted by Crippen LogP contribution is -2.38. The molecule has 5 heteroatoms. The smallest absolute Gasteiger partial charge is 0.315 e. The normalized spacial score (nSPS) is 14.3. The van der Waals surface area contributed by atoms with Crippen LogP contribution in [0.5, 0.6) is 0 Å². The monoisotopic (exact) mass is 543 g/mol. The van der Waals surface area contributed by atoms with Crippen molar-refractivity contribution in [1.82, 2.24) is 4.90 Å². The summed E-state index contributed by atoms with van der Waals surface area (Å²) >= 11 is 0. The second-order valence-corrected chi connectivity index (χ2v) is 10.6. The molecule has 4 rings (SSSR count). The van der Waals surface area contributed by atoms with Crippen LogP contribution in [0, 0.1) is 0 Å². The third kappa shape index (κ3) is 8.36. The number of carbonyl (C=O) groups excluding carboxylic acids is 2. The second kappa shape index (κ2) is 15.5. The maximum atomic E-state index is 12.8. The summed E-state index contributed by atoms with van der Waals surface area (Å²) in [4.78, 5) is 27.2. The van der Waals surface area contributed by atoms with Crippen molar-refractivity contribution in [3.8, 4) is 0 Å². The molecular formula is C35H45NO4. The van der Waals surface area contributed by atoms with Crippen LogP contribution in [0.1, 0.15) is 86.5 Å². The number of nitrogens with zero attached hydrogens (tertiary/aromatic N) is 1.